The van der Waals surface area contributed by atoms with E-state index in [0.717, 1.165) is 0 Å². The van der Waals surface area contributed by atoms with Gasteiger partial charge in [0.1, 0.15) is 0 Å². The van der Waals surface area contributed by atoms with Gasteiger partial charge in [0.2, 0.25) is 11.8 Å². The first-order chi connectivity index (χ1) is 7.72. The first-order valence-corrected chi connectivity index (χ1v) is 5.31. The average molecular weight is 222 g/mol. The van der Waals surface area contributed by atoms with E-state index in [0.29, 0.717) is 24.9 Å². The molecule has 0 atom stereocenters. The fourth-order valence-corrected chi connectivity index (χ4v) is 1.06. The normalized spacial score (nSPS) is 11.0. The highest BCUT2D eigenvalue weighted by molar-refractivity contribution is 5.28. The van der Waals surface area contributed by atoms with Crippen molar-refractivity contribution >= 4 is 5.95 Å². The highest BCUT2D eigenvalue weighted by atomic mass is 16.5. The molecule has 1 rings (SSSR count). The van der Waals surface area contributed by atoms with E-state index in [1.165, 1.54) is 0 Å². The molecule has 0 spiro atoms. The third-order valence-electron chi connectivity index (χ3n) is 1.67. The lowest BCUT2D eigenvalue weighted by Gasteiger charge is -2.09. The highest BCUT2D eigenvalue weighted by Crippen LogP contribution is 2.09. The topological polar surface area (TPSA) is 73.1 Å². The van der Waals surface area contributed by atoms with Crippen LogP contribution in [0.3, 0.4) is 0 Å². The lowest BCUT2D eigenvalue weighted by Crippen LogP contribution is -2.09. The van der Waals surface area contributed by atoms with Gasteiger partial charge in [-0.1, -0.05) is 12.2 Å². The maximum absolute atomic E-state index is 5.45. The van der Waals surface area contributed by atoms with E-state index in [1.807, 2.05) is 26.0 Å². The molecular formula is C11H18N4O. The molecule has 5 heteroatoms. The monoisotopic (exact) mass is 222 g/mol. The minimum atomic E-state index is 0.111. The Balaban J connectivity index is 2.50. The predicted octanol–water partition coefficient (Wildman–Crippen LogP) is 1.19. The molecule has 0 saturated carbocycles. The van der Waals surface area contributed by atoms with Crippen LogP contribution in [-0.4, -0.2) is 29.2 Å². The van der Waals surface area contributed by atoms with Gasteiger partial charge < -0.3 is 15.8 Å². The Bertz CT molecular complexity index is 339. The van der Waals surface area contributed by atoms with Gasteiger partial charge in [0.25, 0.3) is 0 Å². The lowest BCUT2D eigenvalue weighted by atomic mass is 10.5. The van der Waals surface area contributed by atoms with Crippen LogP contribution in [0.4, 0.5) is 5.95 Å². The van der Waals surface area contributed by atoms with Crippen LogP contribution in [0, 0.1) is 0 Å². The van der Waals surface area contributed by atoms with Crippen LogP contribution in [0.1, 0.15) is 13.8 Å². The van der Waals surface area contributed by atoms with Crippen LogP contribution in [0.25, 0.3) is 0 Å². The van der Waals surface area contributed by atoms with Crippen molar-refractivity contribution < 1.29 is 4.74 Å². The smallest absolute Gasteiger partial charge is 0.226 e. The number of rotatable bonds is 6. The van der Waals surface area contributed by atoms with Crippen molar-refractivity contribution in [1.82, 2.24) is 9.97 Å². The zero-order valence-corrected chi connectivity index (χ0v) is 9.68. The summed E-state index contributed by atoms with van der Waals surface area (Å²) < 4.78 is 5.45. The number of hydrogen-bond acceptors (Lipinski definition) is 5. The zero-order valence-electron chi connectivity index (χ0n) is 9.68. The van der Waals surface area contributed by atoms with Gasteiger partial charge in [0, 0.05) is 25.4 Å². The van der Waals surface area contributed by atoms with Crippen LogP contribution in [0.15, 0.2) is 24.4 Å². The molecule has 0 unspecified atom stereocenters. The molecular weight excluding hydrogens is 204 g/mol. The highest BCUT2D eigenvalue weighted by Gasteiger charge is 2.00. The fourth-order valence-electron chi connectivity index (χ4n) is 1.06. The van der Waals surface area contributed by atoms with Gasteiger partial charge >= 0.3 is 0 Å². The molecule has 0 saturated heterocycles. The van der Waals surface area contributed by atoms with E-state index in [1.54, 1.807) is 12.3 Å². The van der Waals surface area contributed by atoms with Gasteiger partial charge in [-0.2, -0.15) is 4.98 Å². The van der Waals surface area contributed by atoms with Gasteiger partial charge in [-0.3, -0.25) is 0 Å². The second-order valence-corrected chi connectivity index (χ2v) is 3.47. The number of nitrogens with one attached hydrogen (secondary N) is 1. The van der Waals surface area contributed by atoms with Gasteiger partial charge in [0.15, 0.2) is 0 Å². The molecule has 0 aliphatic carbocycles. The summed E-state index contributed by atoms with van der Waals surface area (Å²) >= 11 is 0. The second kappa shape index (κ2) is 6.79. The van der Waals surface area contributed by atoms with Crippen molar-refractivity contribution in [3.8, 4) is 5.88 Å². The third-order valence-corrected chi connectivity index (χ3v) is 1.67. The molecule has 0 radical (unpaired) electrons. The predicted molar refractivity (Wildman–Crippen MR) is 64.5 cm³/mol. The summed E-state index contributed by atoms with van der Waals surface area (Å²) in [6, 6.07) is 1.74. The molecule has 0 amide bonds. The number of nitrogens with zero attached hydrogens (tertiary/aromatic N) is 2. The molecule has 1 aromatic rings. The van der Waals surface area contributed by atoms with Crippen molar-refractivity contribution in [2.45, 2.75) is 20.0 Å². The Morgan fingerprint density at radius 3 is 3.00 bits per heavy atom. The van der Waals surface area contributed by atoms with E-state index in [4.69, 9.17) is 10.5 Å². The summed E-state index contributed by atoms with van der Waals surface area (Å²) in [4.78, 5) is 8.28. The van der Waals surface area contributed by atoms with Crippen molar-refractivity contribution in [2.75, 3.05) is 18.4 Å². The van der Waals surface area contributed by atoms with Gasteiger partial charge in [0.05, 0.1) is 6.10 Å². The quantitative estimate of drug-likeness (QED) is 0.707. The van der Waals surface area contributed by atoms with Crippen LogP contribution < -0.4 is 15.8 Å². The van der Waals surface area contributed by atoms with Gasteiger partial charge in [-0.25, -0.2) is 4.98 Å². The molecule has 1 heterocycles. The standard InChI is InChI=1S/C11H18N4O/c1-9(2)16-10-5-8-14-11(15-10)13-7-4-3-6-12/h3-5,8-9H,6-7,12H2,1-2H3,(H,13,14,15)/b4-3+. The largest absolute Gasteiger partial charge is 0.475 e. The Kier molecular flexibility index (Phi) is 5.28. The molecule has 88 valence electrons. The molecule has 0 aliphatic rings. The van der Waals surface area contributed by atoms with Crippen molar-refractivity contribution in [3.63, 3.8) is 0 Å². The van der Waals surface area contributed by atoms with Gasteiger partial charge in [-0.05, 0) is 13.8 Å². The molecule has 0 fully saturated rings. The van der Waals surface area contributed by atoms with Crippen LogP contribution in [-0.2, 0) is 0 Å². The maximum atomic E-state index is 5.45. The summed E-state index contributed by atoms with van der Waals surface area (Å²) in [7, 11) is 0. The Labute approximate surface area is 95.7 Å². The Hall–Kier alpha value is -1.62. The molecule has 0 aliphatic heterocycles. The summed E-state index contributed by atoms with van der Waals surface area (Å²) in [5.74, 6) is 1.13. The van der Waals surface area contributed by atoms with Gasteiger partial charge in [-0.15, -0.1) is 0 Å². The summed E-state index contributed by atoms with van der Waals surface area (Å²) in [6.07, 6.45) is 5.58. The van der Waals surface area contributed by atoms with E-state index >= 15 is 0 Å². The number of nitrogens with two attached hydrogens (primary N) is 1. The third kappa shape index (κ3) is 4.75. The van der Waals surface area contributed by atoms with E-state index in [-0.39, 0.29) is 6.10 Å². The average Bonchev–Trinajstić information content (AvgIpc) is 2.24. The minimum absolute atomic E-state index is 0.111. The molecule has 0 bridgehead atoms. The number of aromatic nitrogens is 2. The molecule has 1 aromatic heterocycles. The minimum Gasteiger partial charge on any atom is -0.475 e. The molecule has 5 nitrogen and oxygen atoms in total. The van der Waals surface area contributed by atoms with Crippen LogP contribution >= 0.6 is 0 Å². The first-order valence-electron chi connectivity index (χ1n) is 5.31. The SMILES string of the molecule is CC(C)Oc1ccnc(NC/C=C/CN)n1. The van der Waals surface area contributed by atoms with Crippen LogP contribution in [0.5, 0.6) is 5.88 Å². The van der Waals surface area contributed by atoms with Crippen molar-refractivity contribution in [3.05, 3.63) is 24.4 Å². The molecule has 3 N–H and O–H groups in total. The summed E-state index contributed by atoms with van der Waals surface area (Å²) in [5.41, 5.74) is 5.32. The summed E-state index contributed by atoms with van der Waals surface area (Å²) in [6.45, 7) is 5.11. The van der Waals surface area contributed by atoms with E-state index in [9.17, 15) is 0 Å². The molecule has 0 aromatic carbocycles. The second-order valence-electron chi connectivity index (χ2n) is 3.47. The maximum Gasteiger partial charge on any atom is 0.226 e. The van der Waals surface area contributed by atoms with E-state index < -0.39 is 0 Å². The Morgan fingerprint density at radius 2 is 2.31 bits per heavy atom. The van der Waals surface area contributed by atoms with Crippen molar-refractivity contribution in [1.29, 1.82) is 0 Å². The summed E-state index contributed by atoms with van der Waals surface area (Å²) in [5, 5.41) is 3.05. The number of hydrogen-bond donors (Lipinski definition) is 2. The first kappa shape index (κ1) is 12.4. The van der Waals surface area contributed by atoms with Crippen LogP contribution in [0.2, 0.25) is 0 Å². The van der Waals surface area contributed by atoms with E-state index in [2.05, 4.69) is 15.3 Å². The number of anilines is 1. The number of ether oxygens (including phenoxy) is 1. The lowest BCUT2D eigenvalue weighted by molar-refractivity contribution is 0.232. The molecule has 16 heavy (non-hydrogen) atoms. The zero-order chi connectivity index (χ0) is 11.8. The van der Waals surface area contributed by atoms with Crippen molar-refractivity contribution in [2.24, 2.45) is 5.73 Å². The Morgan fingerprint density at radius 1 is 1.50 bits per heavy atom. The fraction of sp³-hybridized carbons (Fsp3) is 0.455.